The molecule has 120 valence electrons. The second-order valence-electron chi connectivity index (χ2n) is 6.40. The predicted octanol–water partition coefficient (Wildman–Crippen LogP) is 2.97. The van der Waals surface area contributed by atoms with Crippen LogP contribution in [0.3, 0.4) is 0 Å². The summed E-state index contributed by atoms with van der Waals surface area (Å²) in [6.07, 6.45) is 7.22. The lowest BCUT2D eigenvalue weighted by Gasteiger charge is -2.21. The summed E-state index contributed by atoms with van der Waals surface area (Å²) >= 11 is 6.42. The van der Waals surface area contributed by atoms with Crippen LogP contribution in [-0.4, -0.2) is 37.0 Å². The highest BCUT2D eigenvalue weighted by Gasteiger charge is 2.17. The molecule has 4 heteroatoms. The van der Waals surface area contributed by atoms with Crippen molar-refractivity contribution < 1.29 is 4.79 Å². The van der Waals surface area contributed by atoms with Gasteiger partial charge in [0.1, 0.15) is 0 Å². The van der Waals surface area contributed by atoms with Gasteiger partial charge in [0.15, 0.2) is 0 Å². The molecule has 3 nitrogen and oxygen atoms in total. The first-order chi connectivity index (χ1) is 10.7. The van der Waals surface area contributed by atoms with Gasteiger partial charge in [-0.2, -0.15) is 0 Å². The van der Waals surface area contributed by atoms with Gasteiger partial charge < -0.3 is 10.2 Å². The number of benzene rings is 1. The molecule has 1 fully saturated rings. The van der Waals surface area contributed by atoms with Gasteiger partial charge in [0.05, 0.1) is 0 Å². The van der Waals surface area contributed by atoms with E-state index in [0.717, 1.165) is 62.4 Å². The normalized spacial score (nSPS) is 18.7. The van der Waals surface area contributed by atoms with Crippen LogP contribution in [0.1, 0.15) is 42.4 Å². The van der Waals surface area contributed by atoms with E-state index >= 15 is 0 Å². The number of carbonyl (C=O) groups excluding carboxylic acids is 1. The molecular weight excluding hydrogens is 296 g/mol. The molecule has 1 amide bonds. The van der Waals surface area contributed by atoms with Crippen molar-refractivity contribution in [2.75, 3.05) is 26.2 Å². The van der Waals surface area contributed by atoms with E-state index in [1.165, 1.54) is 24.0 Å². The highest BCUT2D eigenvalue weighted by atomic mass is 35.5. The van der Waals surface area contributed by atoms with Crippen LogP contribution in [-0.2, 0) is 24.1 Å². The number of hydrogen-bond acceptors (Lipinski definition) is 2. The largest absolute Gasteiger partial charge is 0.341 e. The molecule has 1 aliphatic carbocycles. The third kappa shape index (κ3) is 3.82. The van der Waals surface area contributed by atoms with Crippen molar-refractivity contribution in [1.82, 2.24) is 10.2 Å². The summed E-state index contributed by atoms with van der Waals surface area (Å²) in [5.74, 6) is 0.262. The Morgan fingerprint density at radius 3 is 2.68 bits per heavy atom. The predicted molar refractivity (Wildman–Crippen MR) is 90.5 cm³/mol. The second kappa shape index (κ2) is 7.47. The molecule has 0 saturated carbocycles. The zero-order valence-electron chi connectivity index (χ0n) is 13.2. The molecule has 1 saturated heterocycles. The van der Waals surface area contributed by atoms with Crippen LogP contribution in [0.25, 0.3) is 0 Å². The Labute approximate surface area is 138 Å². The van der Waals surface area contributed by atoms with Crippen LogP contribution in [0.5, 0.6) is 0 Å². The van der Waals surface area contributed by atoms with Crippen molar-refractivity contribution in [3.8, 4) is 0 Å². The van der Waals surface area contributed by atoms with Crippen LogP contribution in [0.2, 0.25) is 5.02 Å². The summed E-state index contributed by atoms with van der Waals surface area (Å²) in [6, 6.07) is 4.37. The zero-order valence-corrected chi connectivity index (χ0v) is 13.9. The summed E-state index contributed by atoms with van der Waals surface area (Å²) in [5, 5.41) is 4.17. The second-order valence-corrected chi connectivity index (χ2v) is 6.81. The van der Waals surface area contributed by atoms with Gasteiger partial charge in [0, 0.05) is 31.1 Å². The van der Waals surface area contributed by atoms with Crippen LogP contribution >= 0.6 is 11.6 Å². The fraction of sp³-hybridized carbons (Fsp3) is 0.611. The number of nitrogens with one attached hydrogen (secondary N) is 1. The topological polar surface area (TPSA) is 32.3 Å². The van der Waals surface area contributed by atoms with Gasteiger partial charge in [-0.05, 0) is 67.8 Å². The van der Waals surface area contributed by atoms with E-state index in [-0.39, 0.29) is 5.91 Å². The summed E-state index contributed by atoms with van der Waals surface area (Å²) in [7, 11) is 0. The molecule has 0 aromatic heterocycles. The van der Waals surface area contributed by atoms with Gasteiger partial charge >= 0.3 is 0 Å². The van der Waals surface area contributed by atoms with E-state index in [0.29, 0.717) is 6.42 Å². The number of amides is 1. The molecule has 3 rings (SSSR count). The van der Waals surface area contributed by atoms with Gasteiger partial charge in [-0.25, -0.2) is 0 Å². The number of nitrogens with zero attached hydrogens (tertiary/aromatic N) is 1. The van der Waals surface area contributed by atoms with Gasteiger partial charge in [-0.15, -0.1) is 0 Å². The van der Waals surface area contributed by atoms with Crippen LogP contribution in [0.4, 0.5) is 0 Å². The summed E-state index contributed by atoms with van der Waals surface area (Å²) in [6.45, 7) is 3.63. The van der Waals surface area contributed by atoms with Gasteiger partial charge in [-0.1, -0.05) is 17.7 Å². The summed E-state index contributed by atoms with van der Waals surface area (Å²) < 4.78 is 0. The molecule has 1 aliphatic heterocycles. The monoisotopic (exact) mass is 320 g/mol. The Balaban J connectivity index is 1.62. The van der Waals surface area contributed by atoms with Crippen molar-refractivity contribution in [3.63, 3.8) is 0 Å². The SMILES string of the molecule is O=C(CCc1cc2c(cc1Cl)CCCC2)N1CCCNCC1. The molecule has 2 aliphatic rings. The third-order valence-corrected chi connectivity index (χ3v) is 5.16. The molecule has 1 aromatic carbocycles. The molecule has 0 radical (unpaired) electrons. The van der Waals surface area contributed by atoms with Gasteiger partial charge in [-0.3, -0.25) is 4.79 Å². The number of fused-ring (bicyclic) bond motifs is 1. The molecular formula is C18H25ClN2O. The first-order valence-electron chi connectivity index (χ1n) is 8.53. The first-order valence-corrected chi connectivity index (χ1v) is 8.90. The number of rotatable bonds is 3. The first kappa shape index (κ1) is 15.8. The molecule has 0 atom stereocenters. The van der Waals surface area contributed by atoms with Crippen molar-refractivity contribution in [2.45, 2.75) is 44.9 Å². The maximum Gasteiger partial charge on any atom is 0.222 e. The van der Waals surface area contributed by atoms with Crippen molar-refractivity contribution in [3.05, 3.63) is 33.8 Å². The lowest BCUT2D eigenvalue weighted by atomic mass is 9.89. The fourth-order valence-electron chi connectivity index (χ4n) is 3.49. The molecule has 1 N–H and O–H groups in total. The Bertz CT molecular complexity index is 536. The van der Waals surface area contributed by atoms with Crippen LogP contribution < -0.4 is 5.32 Å². The minimum absolute atomic E-state index is 0.262. The quantitative estimate of drug-likeness (QED) is 0.928. The average Bonchev–Trinajstić information content (AvgIpc) is 2.82. The third-order valence-electron chi connectivity index (χ3n) is 4.81. The van der Waals surface area contributed by atoms with Crippen LogP contribution in [0, 0.1) is 0 Å². The Hall–Kier alpha value is -1.06. The highest BCUT2D eigenvalue weighted by molar-refractivity contribution is 6.31. The maximum absolute atomic E-state index is 12.4. The Morgan fingerprint density at radius 2 is 1.86 bits per heavy atom. The molecule has 0 unspecified atom stereocenters. The van der Waals surface area contributed by atoms with Crippen molar-refractivity contribution >= 4 is 17.5 Å². The number of aryl methyl sites for hydroxylation is 3. The lowest BCUT2D eigenvalue weighted by Crippen LogP contribution is -2.34. The van der Waals surface area contributed by atoms with Crippen molar-refractivity contribution in [2.24, 2.45) is 0 Å². The molecule has 1 heterocycles. The molecule has 0 spiro atoms. The molecule has 0 bridgehead atoms. The zero-order chi connectivity index (χ0) is 15.4. The minimum atomic E-state index is 0.262. The lowest BCUT2D eigenvalue weighted by molar-refractivity contribution is -0.130. The number of hydrogen-bond donors (Lipinski definition) is 1. The van der Waals surface area contributed by atoms with E-state index in [1.54, 1.807) is 0 Å². The molecule has 1 aromatic rings. The standard InChI is InChI=1S/C18H25ClN2O/c19-17-13-15-5-2-1-4-14(15)12-16(17)6-7-18(22)21-10-3-8-20-9-11-21/h12-13,20H,1-11H2. The summed E-state index contributed by atoms with van der Waals surface area (Å²) in [4.78, 5) is 14.4. The maximum atomic E-state index is 12.4. The minimum Gasteiger partial charge on any atom is -0.341 e. The van der Waals surface area contributed by atoms with Gasteiger partial charge in [0.25, 0.3) is 0 Å². The number of halogens is 1. The fourth-order valence-corrected chi connectivity index (χ4v) is 3.77. The van der Waals surface area contributed by atoms with E-state index in [2.05, 4.69) is 17.4 Å². The van der Waals surface area contributed by atoms with Crippen molar-refractivity contribution in [1.29, 1.82) is 0 Å². The number of carbonyl (C=O) groups is 1. The molecule has 22 heavy (non-hydrogen) atoms. The van der Waals surface area contributed by atoms with E-state index in [9.17, 15) is 4.79 Å². The Morgan fingerprint density at radius 1 is 1.09 bits per heavy atom. The van der Waals surface area contributed by atoms with Gasteiger partial charge in [0.2, 0.25) is 5.91 Å². The average molecular weight is 321 g/mol. The van der Waals surface area contributed by atoms with E-state index in [1.807, 2.05) is 4.90 Å². The van der Waals surface area contributed by atoms with E-state index < -0.39 is 0 Å². The smallest absolute Gasteiger partial charge is 0.222 e. The Kier molecular flexibility index (Phi) is 5.37. The van der Waals surface area contributed by atoms with Crippen LogP contribution in [0.15, 0.2) is 12.1 Å². The highest BCUT2D eigenvalue weighted by Crippen LogP contribution is 2.28. The van der Waals surface area contributed by atoms with E-state index in [4.69, 9.17) is 11.6 Å². The summed E-state index contributed by atoms with van der Waals surface area (Å²) in [5.41, 5.74) is 3.99.